The lowest BCUT2D eigenvalue weighted by molar-refractivity contribution is -0.384. The number of nitro groups is 1. The third kappa shape index (κ3) is 10.4. The number of hydrogen-bond donors (Lipinski definition) is 4. The lowest BCUT2D eigenvalue weighted by Gasteiger charge is -2.57. The molecule has 374 valence electrons. The van der Waals surface area contributed by atoms with Crippen molar-refractivity contribution in [3.05, 3.63) is 99.6 Å². The molecule has 2 aliphatic carbocycles. The lowest BCUT2D eigenvalue weighted by atomic mass is 9.70. The number of amides is 1. The number of likely N-dealkylation sites (tertiary alicyclic amines) is 1. The Labute approximate surface area is 407 Å². The number of fused-ring (bicyclic) bond motifs is 1. The van der Waals surface area contributed by atoms with Crippen LogP contribution in [0.15, 0.2) is 71.9 Å². The van der Waals surface area contributed by atoms with E-state index in [0.29, 0.717) is 50.1 Å². The van der Waals surface area contributed by atoms with Crippen LogP contribution < -0.4 is 24.4 Å². The molecule has 2 saturated heterocycles. The summed E-state index contributed by atoms with van der Waals surface area (Å²) in [5.74, 6) is -0.778. The number of sulfonamides is 1. The van der Waals surface area contributed by atoms with Gasteiger partial charge < -0.3 is 34.5 Å². The molecule has 17 nitrogen and oxygen atoms in total. The maximum absolute atomic E-state index is 15.0. The average molecular weight is 983 g/mol. The Bertz CT molecular complexity index is 2830. The van der Waals surface area contributed by atoms with Gasteiger partial charge in [-0.15, -0.1) is 0 Å². The van der Waals surface area contributed by atoms with Crippen molar-refractivity contribution < 1.29 is 41.8 Å². The van der Waals surface area contributed by atoms with Gasteiger partial charge in [0.25, 0.3) is 21.8 Å². The molecule has 0 unspecified atom stereocenters. The van der Waals surface area contributed by atoms with Gasteiger partial charge in [-0.2, -0.15) is 4.98 Å². The zero-order valence-electron chi connectivity index (χ0n) is 40.2. The van der Waals surface area contributed by atoms with E-state index in [9.17, 15) is 32.8 Å². The van der Waals surface area contributed by atoms with Gasteiger partial charge in [-0.25, -0.2) is 22.5 Å². The first-order chi connectivity index (χ1) is 33.5. The smallest absolute Gasteiger partial charge is 0.312 e. The summed E-state index contributed by atoms with van der Waals surface area (Å²) in [6.45, 7) is 10.5. The van der Waals surface area contributed by atoms with Gasteiger partial charge in [0.15, 0.2) is 5.75 Å². The number of rotatable bonds is 17. The first-order valence-electron chi connectivity index (χ1n) is 24.4. The highest BCUT2D eigenvalue weighted by Gasteiger charge is 2.49. The third-order valence-electron chi connectivity index (χ3n) is 15.1. The van der Waals surface area contributed by atoms with Crippen LogP contribution in [0.2, 0.25) is 0 Å². The van der Waals surface area contributed by atoms with Crippen molar-refractivity contribution >= 4 is 44.2 Å². The van der Waals surface area contributed by atoms with Crippen molar-refractivity contribution in [2.24, 2.45) is 11.3 Å². The summed E-state index contributed by atoms with van der Waals surface area (Å²) in [6.07, 6.45) is 10.3. The second-order valence-electron chi connectivity index (χ2n) is 20.3. The Morgan fingerprint density at radius 2 is 1.79 bits per heavy atom. The summed E-state index contributed by atoms with van der Waals surface area (Å²) >= 11 is 0. The second kappa shape index (κ2) is 20.1. The van der Waals surface area contributed by atoms with Gasteiger partial charge >= 0.3 is 5.69 Å². The van der Waals surface area contributed by atoms with Gasteiger partial charge in [-0.3, -0.25) is 19.8 Å². The zero-order chi connectivity index (χ0) is 49.4. The molecule has 1 amide bonds. The van der Waals surface area contributed by atoms with Crippen molar-refractivity contribution in [2.45, 2.75) is 107 Å². The molecule has 0 bridgehead atoms. The number of aromatic amines is 1. The largest absolute Gasteiger partial charge is 0.473 e. The minimum Gasteiger partial charge on any atom is -0.473 e. The van der Waals surface area contributed by atoms with E-state index in [1.165, 1.54) is 49.6 Å². The average Bonchev–Trinajstić information content (AvgIpc) is 3.96. The molecule has 2 aromatic carbocycles. The van der Waals surface area contributed by atoms with Gasteiger partial charge in [0.1, 0.15) is 28.7 Å². The number of anilines is 2. The zero-order valence-corrected chi connectivity index (χ0v) is 41.0. The summed E-state index contributed by atoms with van der Waals surface area (Å²) in [5.41, 5.74) is 2.55. The van der Waals surface area contributed by atoms with Gasteiger partial charge in [0.2, 0.25) is 5.82 Å². The molecule has 5 aromatic rings. The monoisotopic (exact) mass is 982 g/mol. The molecule has 70 heavy (non-hydrogen) atoms. The summed E-state index contributed by atoms with van der Waals surface area (Å²) in [7, 11) is -3.23. The molecule has 2 atom stereocenters. The predicted molar refractivity (Wildman–Crippen MR) is 263 cm³/mol. The normalized spacial score (nSPS) is 22.6. The number of methoxy groups -OCH3 is 1. The second-order valence-corrected chi connectivity index (χ2v) is 22.0. The van der Waals surface area contributed by atoms with Crippen LogP contribution in [0.25, 0.3) is 11.0 Å². The number of H-pyrrole nitrogens is 1. The number of pyridine rings is 2. The minimum atomic E-state index is -4.74. The summed E-state index contributed by atoms with van der Waals surface area (Å²) < 4.78 is 62.2. The van der Waals surface area contributed by atoms with E-state index in [1.807, 2.05) is 0 Å². The topological polar surface area (TPSA) is 214 Å². The van der Waals surface area contributed by atoms with E-state index >= 15 is 0 Å². The molecule has 5 heterocycles. The number of carbonyl (C=O) groups is 1. The van der Waals surface area contributed by atoms with Crippen LogP contribution in [-0.4, -0.2) is 109 Å². The number of benzene rings is 2. The molecule has 3 aromatic heterocycles. The molecule has 0 radical (unpaired) electrons. The molecule has 19 heteroatoms. The number of halogens is 1. The van der Waals surface area contributed by atoms with Gasteiger partial charge in [-0.05, 0) is 105 Å². The number of aromatic nitrogens is 3. The number of nitrogens with one attached hydrogen (secondary N) is 3. The molecule has 4 N–H and O–H groups in total. The van der Waals surface area contributed by atoms with Crippen LogP contribution >= 0.6 is 0 Å². The quantitative estimate of drug-likeness (QED) is 0.0390. The van der Waals surface area contributed by atoms with Gasteiger partial charge in [0.05, 0.1) is 34.3 Å². The first kappa shape index (κ1) is 49.1. The SMILES string of the molecule is COCCOc1nc2[nH]cc(F)c2cc1Oc1cc(N2CCC3(CC2)CN([C@H]2CCC[C@H]2c2ccccc2C(C)C)C3)ccc1C(=O)NS(=O)(=O)c1cnc(NC[C@H]2CC[C@](C)(O)CC2)c([N+](=O)[O-])c1. The van der Waals surface area contributed by atoms with E-state index in [0.717, 1.165) is 63.2 Å². The summed E-state index contributed by atoms with van der Waals surface area (Å²) in [6, 6.07) is 16.6. The molecular formula is C51H63FN8O9S. The molecule has 1 spiro atoms. The van der Waals surface area contributed by atoms with Crippen LogP contribution in [-0.2, 0) is 14.8 Å². The highest BCUT2D eigenvalue weighted by atomic mass is 32.2. The highest BCUT2D eigenvalue weighted by molar-refractivity contribution is 7.90. The molecule has 2 aliphatic heterocycles. The number of carbonyl (C=O) groups excluding carboxylic acids is 1. The fourth-order valence-corrected chi connectivity index (χ4v) is 12.0. The van der Waals surface area contributed by atoms with Crippen molar-refractivity contribution in [3.8, 4) is 17.4 Å². The number of aliphatic hydroxyl groups is 1. The van der Waals surface area contributed by atoms with Crippen molar-refractivity contribution in [3.63, 3.8) is 0 Å². The lowest BCUT2D eigenvalue weighted by Crippen LogP contribution is -2.63. The third-order valence-corrected chi connectivity index (χ3v) is 16.4. The maximum Gasteiger partial charge on any atom is 0.312 e. The van der Waals surface area contributed by atoms with Crippen molar-refractivity contribution in [1.29, 1.82) is 0 Å². The van der Waals surface area contributed by atoms with E-state index in [-0.39, 0.29) is 64.3 Å². The Morgan fingerprint density at radius 1 is 1.03 bits per heavy atom. The van der Waals surface area contributed by atoms with E-state index < -0.39 is 42.9 Å². The minimum absolute atomic E-state index is 0.0233. The summed E-state index contributed by atoms with van der Waals surface area (Å²) in [5, 5.41) is 25.6. The highest BCUT2D eigenvalue weighted by Crippen LogP contribution is 2.49. The van der Waals surface area contributed by atoms with E-state index in [4.69, 9.17) is 14.2 Å². The van der Waals surface area contributed by atoms with Crippen LogP contribution in [0.4, 0.5) is 21.6 Å². The molecule has 4 fully saturated rings. The van der Waals surface area contributed by atoms with Crippen LogP contribution in [0.1, 0.15) is 112 Å². The molecular weight excluding hydrogens is 920 g/mol. The maximum atomic E-state index is 15.0. The van der Waals surface area contributed by atoms with Crippen LogP contribution in [0.5, 0.6) is 17.4 Å². The van der Waals surface area contributed by atoms with E-state index in [1.54, 1.807) is 19.1 Å². The fraction of sp³-hybridized carbons (Fsp3) is 0.510. The molecule has 2 saturated carbocycles. The standard InChI is InChI=1S/C51H63FN8O9S/c1-32(2)36-8-5-6-9-37(36)38-10-7-11-42(38)59-30-51(31-59)18-20-58(21-19-51)34-12-13-39(44(24-34)69-45-26-40-41(52)29-55-46(40)56-49(45)68-23-22-67-4)48(61)57-70(65,66)35-25-43(60(63)64)47(54-28-35)53-27-33-14-16-50(3,62)17-15-33/h5-6,8-9,12-13,24-26,28-29,32-33,38,42,62H,7,10-11,14-23,27,30-31H2,1-4H3,(H,53,54)(H,55,56)(H,57,61)/t33-,38-,42-,50-/m0/s1. The van der Waals surface area contributed by atoms with Gasteiger partial charge in [-0.1, -0.05) is 44.5 Å². The Balaban J connectivity index is 0.945. The summed E-state index contributed by atoms with van der Waals surface area (Å²) in [4.78, 5) is 41.3. The van der Waals surface area contributed by atoms with Crippen molar-refractivity contribution in [1.82, 2.24) is 24.6 Å². The Kier molecular flexibility index (Phi) is 14.1. The number of hydrogen-bond acceptors (Lipinski definition) is 14. The predicted octanol–water partition coefficient (Wildman–Crippen LogP) is 8.66. The van der Waals surface area contributed by atoms with Crippen LogP contribution in [0, 0.1) is 27.3 Å². The van der Waals surface area contributed by atoms with Crippen molar-refractivity contribution in [2.75, 3.05) is 63.3 Å². The van der Waals surface area contributed by atoms with E-state index in [2.05, 4.69) is 72.9 Å². The first-order valence-corrected chi connectivity index (χ1v) is 25.9. The fourth-order valence-electron chi connectivity index (χ4n) is 11.0. The van der Waals surface area contributed by atoms with Crippen LogP contribution in [0.3, 0.4) is 0 Å². The molecule has 4 aliphatic rings. The Morgan fingerprint density at radius 3 is 2.51 bits per heavy atom. The number of ether oxygens (including phenoxy) is 3. The Hall–Kier alpha value is -5.89. The number of nitrogens with zero attached hydrogens (tertiary/aromatic N) is 5. The molecule has 9 rings (SSSR count). The van der Waals surface area contributed by atoms with Gasteiger partial charge in [0, 0.05) is 76.0 Å². The number of piperidine rings is 1.